The topological polar surface area (TPSA) is 47.9 Å². The second kappa shape index (κ2) is 5.00. The maximum atomic E-state index is 9.07. The Morgan fingerprint density at radius 2 is 1.67 bits per heavy atom. The van der Waals surface area contributed by atoms with Crippen molar-refractivity contribution in [1.29, 1.82) is 0 Å². The molecule has 15 heavy (non-hydrogen) atoms. The average Bonchev–Trinajstić information content (AvgIpc) is 2.28. The zero-order chi connectivity index (χ0) is 11.3. The number of aromatic hydroxyl groups is 1. The van der Waals surface area contributed by atoms with Crippen LogP contribution in [0.1, 0.15) is 6.92 Å². The van der Waals surface area contributed by atoms with Crippen molar-refractivity contribution >= 4 is 0 Å². The van der Waals surface area contributed by atoms with Crippen molar-refractivity contribution in [2.45, 2.75) is 12.7 Å². The highest BCUT2D eigenvalue weighted by atomic mass is 16.7. The van der Waals surface area contributed by atoms with Gasteiger partial charge in [0.15, 0.2) is 5.79 Å². The molecule has 1 rings (SSSR count). The van der Waals surface area contributed by atoms with Crippen LogP contribution in [0.2, 0.25) is 0 Å². The van der Waals surface area contributed by atoms with Gasteiger partial charge in [0.1, 0.15) is 18.1 Å². The van der Waals surface area contributed by atoms with Gasteiger partial charge in [-0.3, -0.25) is 0 Å². The summed E-state index contributed by atoms with van der Waals surface area (Å²) < 4.78 is 15.7. The van der Waals surface area contributed by atoms with Gasteiger partial charge in [-0.1, -0.05) is 0 Å². The van der Waals surface area contributed by atoms with Crippen LogP contribution in [0.15, 0.2) is 24.3 Å². The van der Waals surface area contributed by atoms with Crippen LogP contribution in [0.5, 0.6) is 11.5 Å². The predicted molar refractivity (Wildman–Crippen MR) is 56.0 cm³/mol. The van der Waals surface area contributed by atoms with Gasteiger partial charge in [-0.05, 0) is 31.2 Å². The molecule has 0 bridgehead atoms. The molecule has 0 spiro atoms. The maximum absolute atomic E-state index is 9.07. The van der Waals surface area contributed by atoms with Crippen LogP contribution in [-0.4, -0.2) is 31.7 Å². The van der Waals surface area contributed by atoms with Gasteiger partial charge in [-0.25, -0.2) is 0 Å². The van der Waals surface area contributed by atoms with E-state index in [0.717, 1.165) is 0 Å². The fourth-order valence-electron chi connectivity index (χ4n) is 0.958. The van der Waals surface area contributed by atoms with Crippen LogP contribution in [0.4, 0.5) is 0 Å². The first kappa shape index (κ1) is 11.8. The second-order valence-electron chi connectivity index (χ2n) is 3.32. The van der Waals surface area contributed by atoms with Crippen LogP contribution in [0.3, 0.4) is 0 Å². The predicted octanol–water partition coefficient (Wildman–Crippen LogP) is 1.78. The molecule has 1 aromatic carbocycles. The molecule has 0 radical (unpaired) electrons. The van der Waals surface area contributed by atoms with E-state index in [2.05, 4.69) is 0 Å². The molecule has 0 aliphatic carbocycles. The number of hydrogen-bond acceptors (Lipinski definition) is 4. The summed E-state index contributed by atoms with van der Waals surface area (Å²) in [7, 11) is 3.12. The highest BCUT2D eigenvalue weighted by Gasteiger charge is 2.23. The van der Waals surface area contributed by atoms with Crippen molar-refractivity contribution in [1.82, 2.24) is 0 Å². The molecule has 1 aromatic rings. The van der Waals surface area contributed by atoms with Gasteiger partial charge in [0, 0.05) is 14.2 Å². The Bertz CT molecular complexity index is 290. The summed E-state index contributed by atoms with van der Waals surface area (Å²) in [5.41, 5.74) is 0. The van der Waals surface area contributed by atoms with Crippen LogP contribution in [0, 0.1) is 0 Å². The highest BCUT2D eigenvalue weighted by molar-refractivity contribution is 5.30. The summed E-state index contributed by atoms with van der Waals surface area (Å²) in [5.74, 6) is 0.120. The zero-order valence-corrected chi connectivity index (χ0v) is 9.19. The minimum absolute atomic E-state index is 0.212. The van der Waals surface area contributed by atoms with Gasteiger partial charge in [0.05, 0.1) is 0 Å². The molecule has 84 valence electrons. The van der Waals surface area contributed by atoms with Gasteiger partial charge in [-0.2, -0.15) is 0 Å². The molecule has 0 heterocycles. The summed E-state index contributed by atoms with van der Waals surface area (Å²) >= 11 is 0. The van der Waals surface area contributed by atoms with Crippen LogP contribution in [0.25, 0.3) is 0 Å². The second-order valence-corrected chi connectivity index (χ2v) is 3.32. The Morgan fingerprint density at radius 1 is 1.13 bits per heavy atom. The maximum Gasteiger partial charge on any atom is 0.199 e. The van der Waals surface area contributed by atoms with Crippen LogP contribution < -0.4 is 4.74 Å². The normalized spacial score (nSPS) is 11.4. The lowest BCUT2D eigenvalue weighted by atomic mass is 10.3. The van der Waals surface area contributed by atoms with E-state index in [1.54, 1.807) is 45.4 Å². The summed E-state index contributed by atoms with van der Waals surface area (Å²) in [5, 5.41) is 9.07. The molecule has 0 amide bonds. The van der Waals surface area contributed by atoms with Gasteiger partial charge in [-0.15, -0.1) is 0 Å². The van der Waals surface area contributed by atoms with E-state index >= 15 is 0 Å². The van der Waals surface area contributed by atoms with Gasteiger partial charge < -0.3 is 19.3 Å². The molecular formula is C11H16O4. The van der Waals surface area contributed by atoms with Crippen LogP contribution in [-0.2, 0) is 9.47 Å². The Morgan fingerprint density at radius 3 is 2.13 bits per heavy atom. The van der Waals surface area contributed by atoms with E-state index in [4.69, 9.17) is 19.3 Å². The van der Waals surface area contributed by atoms with Crippen molar-refractivity contribution in [3.05, 3.63) is 24.3 Å². The first-order valence-electron chi connectivity index (χ1n) is 4.62. The fraction of sp³-hybridized carbons (Fsp3) is 0.455. The number of phenols is 1. The van der Waals surface area contributed by atoms with E-state index in [0.29, 0.717) is 5.75 Å². The first-order chi connectivity index (χ1) is 7.09. The lowest BCUT2D eigenvalue weighted by Gasteiger charge is -2.26. The fourth-order valence-corrected chi connectivity index (χ4v) is 0.958. The Kier molecular flexibility index (Phi) is 3.94. The van der Waals surface area contributed by atoms with Crippen molar-refractivity contribution in [3.8, 4) is 11.5 Å². The monoisotopic (exact) mass is 212 g/mol. The molecule has 4 heteroatoms. The SMILES string of the molecule is COC(C)(COc1ccc(O)cc1)OC. The minimum Gasteiger partial charge on any atom is -0.508 e. The Labute approximate surface area is 89.4 Å². The van der Waals surface area contributed by atoms with Gasteiger partial charge in [0.25, 0.3) is 0 Å². The lowest BCUT2D eigenvalue weighted by molar-refractivity contribution is -0.209. The third kappa shape index (κ3) is 3.42. The highest BCUT2D eigenvalue weighted by Crippen LogP contribution is 2.18. The quantitative estimate of drug-likeness (QED) is 0.756. The molecule has 4 nitrogen and oxygen atoms in total. The van der Waals surface area contributed by atoms with Gasteiger partial charge >= 0.3 is 0 Å². The van der Waals surface area contributed by atoms with Crippen molar-refractivity contribution in [3.63, 3.8) is 0 Å². The summed E-state index contributed by atoms with van der Waals surface area (Å²) in [6, 6.07) is 6.49. The lowest BCUT2D eigenvalue weighted by Crippen LogP contribution is -2.36. The van der Waals surface area contributed by atoms with Crippen molar-refractivity contribution in [2.75, 3.05) is 20.8 Å². The number of phenolic OH excluding ortho intramolecular Hbond substituents is 1. The standard InChI is InChI=1S/C11H16O4/c1-11(13-2,14-3)8-15-10-6-4-9(12)5-7-10/h4-7,12H,8H2,1-3H3. The van der Waals surface area contributed by atoms with Gasteiger partial charge in [0.2, 0.25) is 0 Å². The number of benzene rings is 1. The van der Waals surface area contributed by atoms with E-state index in [1.807, 2.05) is 0 Å². The summed E-state index contributed by atoms with van der Waals surface area (Å²) in [4.78, 5) is 0. The molecule has 1 N–H and O–H groups in total. The molecule has 0 saturated heterocycles. The number of ether oxygens (including phenoxy) is 3. The number of rotatable bonds is 5. The van der Waals surface area contributed by atoms with E-state index < -0.39 is 5.79 Å². The average molecular weight is 212 g/mol. The molecule has 0 aliphatic heterocycles. The summed E-state index contributed by atoms with van der Waals surface area (Å²) in [6.07, 6.45) is 0. The number of methoxy groups -OCH3 is 2. The van der Waals surface area contributed by atoms with E-state index in [-0.39, 0.29) is 12.4 Å². The Balaban J connectivity index is 2.53. The largest absolute Gasteiger partial charge is 0.508 e. The zero-order valence-electron chi connectivity index (χ0n) is 9.19. The molecular weight excluding hydrogens is 196 g/mol. The Hall–Kier alpha value is -1.26. The third-order valence-electron chi connectivity index (χ3n) is 2.20. The minimum atomic E-state index is -0.752. The molecule has 0 aromatic heterocycles. The molecule has 0 unspecified atom stereocenters. The first-order valence-corrected chi connectivity index (χ1v) is 4.62. The van der Waals surface area contributed by atoms with Crippen molar-refractivity contribution in [2.24, 2.45) is 0 Å². The molecule has 0 atom stereocenters. The smallest absolute Gasteiger partial charge is 0.199 e. The molecule has 0 aliphatic rings. The van der Waals surface area contributed by atoms with E-state index in [9.17, 15) is 0 Å². The third-order valence-corrected chi connectivity index (χ3v) is 2.20. The molecule has 0 fully saturated rings. The molecule has 0 saturated carbocycles. The van der Waals surface area contributed by atoms with Crippen LogP contribution >= 0.6 is 0 Å². The number of hydrogen-bond donors (Lipinski definition) is 1. The van der Waals surface area contributed by atoms with Crippen molar-refractivity contribution < 1.29 is 19.3 Å². The summed E-state index contributed by atoms with van der Waals surface area (Å²) in [6.45, 7) is 2.07. The van der Waals surface area contributed by atoms with E-state index in [1.165, 1.54) is 0 Å².